The zero-order valence-corrected chi connectivity index (χ0v) is 13.4. The highest BCUT2D eigenvalue weighted by atomic mass is 16.3. The van der Waals surface area contributed by atoms with Crippen molar-refractivity contribution in [2.75, 3.05) is 0 Å². The molecule has 1 unspecified atom stereocenters. The lowest BCUT2D eigenvalue weighted by atomic mass is 9.47. The highest BCUT2D eigenvalue weighted by Crippen LogP contribution is 2.67. The number of aryl methyl sites for hydroxylation is 1. The Morgan fingerprint density at radius 1 is 1.23 bits per heavy atom. The number of aliphatic hydroxyl groups is 1. The van der Waals surface area contributed by atoms with Gasteiger partial charge in [0, 0.05) is 0 Å². The average molecular weight is 298 g/mol. The van der Waals surface area contributed by atoms with Crippen LogP contribution in [0.15, 0.2) is 30.9 Å². The Kier molecular flexibility index (Phi) is 3.00. The Morgan fingerprint density at radius 3 is 2.82 bits per heavy atom. The molecule has 22 heavy (non-hydrogen) atoms. The zero-order chi connectivity index (χ0) is 15.5. The van der Waals surface area contributed by atoms with Crippen molar-refractivity contribution in [1.29, 1.82) is 0 Å². The van der Waals surface area contributed by atoms with Crippen LogP contribution in [0.25, 0.3) is 0 Å². The first-order chi connectivity index (χ1) is 10.5. The summed E-state index contributed by atoms with van der Waals surface area (Å²) in [6.45, 7) is 6.53. The van der Waals surface area contributed by atoms with E-state index in [0.717, 1.165) is 38.5 Å². The number of phenols is 1. The van der Waals surface area contributed by atoms with Gasteiger partial charge in [0.05, 0.1) is 6.10 Å². The maximum atomic E-state index is 10.5. The summed E-state index contributed by atoms with van der Waals surface area (Å²) in [5.41, 5.74) is 2.89. The van der Waals surface area contributed by atoms with Crippen LogP contribution < -0.4 is 0 Å². The smallest absolute Gasteiger partial charge is 0.115 e. The normalized spacial score (nSPS) is 43.1. The summed E-state index contributed by atoms with van der Waals surface area (Å²) in [6, 6.07) is 5.90. The third-order valence-corrected chi connectivity index (χ3v) is 7.26. The van der Waals surface area contributed by atoms with Crippen LogP contribution in [0.2, 0.25) is 0 Å². The number of aliphatic hydroxyl groups excluding tert-OH is 1. The van der Waals surface area contributed by atoms with Crippen LogP contribution >= 0.6 is 0 Å². The van der Waals surface area contributed by atoms with Crippen LogP contribution in [-0.2, 0) is 6.42 Å². The molecule has 118 valence electrons. The van der Waals surface area contributed by atoms with Gasteiger partial charge in [0.15, 0.2) is 0 Å². The van der Waals surface area contributed by atoms with Gasteiger partial charge in [-0.2, -0.15) is 0 Å². The van der Waals surface area contributed by atoms with Crippen LogP contribution in [0.3, 0.4) is 0 Å². The Balaban J connectivity index is 1.83. The second-order valence-corrected chi connectivity index (χ2v) is 7.94. The quantitative estimate of drug-likeness (QED) is 0.764. The molecule has 0 aromatic heterocycles. The van der Waals surface area contributed by atoms with E-state index in [4.69, 9.17) is 0 Å². The minimum atomic E-state index is -0.156. The zero-order valence-electron chi connectivity index (χ0n) is 13.4. The molecule has 2 nitrogen and oxygen atoms in total. The van der Waals surface area contributed by atoms with Gasteiger partial charge in [0.2, 0.25) is 0 Å². The van der Waals surface area contributed by atoms with E-state index in [1.165, 1.54) is 11.1 Å². The number of benzene rings is 1. The van der Waals surface area contributed by atoms with E-state index < -0.39 is 0 Å². The maximum Gasteiger partial charge on any atom is 0.115 e. The molecule has 0 amide bonds. The topological polar surface area (TPSA) is 40.5 Å². The van der Waals surface area contributed by atoms with E-state index in [0.29, 0.717) is 17.6 Å². The molecule has 0 spiro atoms. The predicted molar refractivity (Wildman–Crippen MR) is 87.9 cm³/mol. The van der Waals surface area contributed by atoms with Gasteiger partial charge in [0.1, 0.15) is 5.75 Å². The lowest BCUT2D eigenvalue weighted by Gasteiger charge is -2.57. The van der Waals surface area contributed by atoms with Gasteiger partial charge in [-0.1, -0.05) is 19.1 Å². The van der Waals surface area contributed by atoms with Crippen LogP contribution in [0.5, 0.6) is 5.75 Å². The number of hydrogen-bond acceptors (Lipinski definition) is 2. The summed E-state index contributed by atoms with van der Waals surface area (Å²) >= 11 is 0. The maximum absolute atomic E-state index is 10.5. The molecule has 3 aliphatic carbocycles. The number of hydrogen-bond donors (Lipinski definition) is 2. The van der Waals surface area contributed by atoms with Gasteiger partial charge < -0.3 is 10.2 Å². The summed E-state index contributed by atoms with van der Waals surface area (Å²) in [6.07, 6.45) is 8.44. The third kappa shape index (κ3) is 1.65. The first kappa shape index (κ1) is 14.3. The number of rotatable bonds is 1. The van der Waals surface area contributed by atoms with E-state index >= 15 is 0 Å². The minimum absolute atomic E-state index is 0.0547. The van der Waals surface area contributed by atoms with Crippen molar-refractivity contribution in [1.82, 2.24) is 0 Å². The second-order valence-electron chi connectivity index (χ2n) is 7.94. The molecular weight excluding hydrogens is 272 g/mol. The fraction of sp³-hybridized carbons (Fsp3) is 0.600. The van der Waals surface area contributed by atoms with Gasteiger partial charge in [-0.25, -0.2) is 0 Å². The molecule has 0 bridgehead atoms. The molecule has 1 aromatic carbocycles. The van der Waals surface area contributed by atoms with E-state index in [9.17, 15) is 10.2 Å². The molecule has 1 aromatic rings. The molecule has 2 saturated carbocycles. The molecule has 0 radical (unpaired) electrons. The predicted octanol–water partition coefficient (Wildman–Crippen LogP) is 4.17. The van der Waals surface area contributed by atoms with E-state index in [2.05, 4.69) is 25.6 Å². The minimum Gasteiger partial charge on any atom is -0.508 e. The molecule has 5 atom stereocenters. The number of allylic oxidation sites excluding steroid dienone is 1. The van der Waals surface area contributed by atoms with Gasteiger partial charge in [0.25, 0.3) is 0 Å². The first-order valence-electron chi connectivity index (χ1n) is 8.65. The van der Waals surface area contributed by atoms with Crippen LogP contribution in [0.1, 0.15) is 56.1 Å². The molecule has 0 aliphatic heterocycles. The Morgan fingerprint density at radius 2 is 2.05 bits per heavy atom. The third-order valence-electron chi connectivity index (χ3n) is 7.26. The highest BCUT2D eigenvalue weighted by molar-refractivity contribution is 5.42. The molecule has 3 aliphatic rings. The fourth-order valence-electron chi connectivity index (χ4n) is 6.09. The van der Waals surface area contributed by atoms with Crippen molar-refractivity contribution in [3.8, 4) is 5.75 Å². The number of fused-ring (bicyclic) bond motifs is 5. The SMILES string of the molecule is C=C[C@@]12CCc3cc(O)ccc3[C@H]1CC[C@@]1(C)C(O)CC[C@@H]21. The standard InChI is InChI=1S/C20H26O2/c1-3-20-11-8-13-12-14(21)4-5-15(13)16(20)9-10-19(2)17(20)6-7-18(19)22/h3-5,12,16-18,21-22H,1,6-11H2,2H3/t16-,17-,18?,19-,20-/m1/s1. The van der Waals surface area contributed by atoms with E-state index in [1.807, 2.05) is 12.1 Å². The average Bonchev–Trinajstić information content (AvgIpc) is 2.82. The summed E-state index contributed by atoms with van der Waals surface area (Å²) in [5.74, 6) is 1.41. The van der Waals surface area contributed by atoms with Crippen molar-refractivity contribution in [2.45, 2.75) is 57.5 Å². The Bertz CT molecular complexity index is 622. The number of phenolic OH excluding ortho intramolecular Hbond substituents is 1. The van der Waals surface area contributed by atoms with Gasteiger partial charge in [-0.05, 0) is 84.5 Å². The molecule has 4 rings (SSSR count). The Hall–Kier alpha value is -1.28. The summed E-state index contributed by atoms with van der Waals surface area (Å²) in [4.78, 5) is 0. The van der Waals surface area contributed by atoms with Crippen LogP contribution in [0.4, 0.5) is 0 Å². The Labute approximate surface area is 132 Å². The van der Waals surface area contributed by atoms with E-state index in [1.54, 1.807) is 0 Å². The largest absolute Gasteiger partial charge is 0.508 e. The van der Waals surface area contributed by atoms with E-state index in [-0.39, 0.29) is 16.9 Å². The van der Waals surface area contributed by atoms with Crippen molar-refractivity contribution in [3.63, 3.8) is 0 Å². The molecule has 0 heterocycles. The molecule has 2 fully saturated rings. The lowest BCUT2D eigenvalue weighted by Crippen LogP contribution is -2.50. The molecule has 2 heteroatoms. The molecule has 0 saturated heterocycles. The second kappa shape index (κ2) is 4.61. The molecular formula is C20H26O2. The summed E-state index contributed by atoms with van der Waals surface area (Å²) in [7, 11) is 0. The van der Waals surface area contributed by atoms with Gasteiger partial charge >= 0.3 is 0 Å². The highest BCUT2D eigenvalue weighted by Gasteiger charge is 2.60. The van der Waals surface area contributed by atoms with Crippen LogP contribution in [-0.4, -0.2) is 16.3 Å². The van der Waals surface area contributed by atoms with Crippen molar-refractivity contribution in [3.05, 3.63) is 42.0 Å². The summed E-state index contributed by atoms with van der Waals surface area (Å²) < 4.78 is 0. The van der Waals surface area contributed by atoms with Crippen molar-refractivity contribution in [2.24, 2.45) is 16.7 Å². The number of aromatic hydroxyl groups is 1. The van der Waals surface area contributed by atoms with Crippen molar-refractivity contribution >= 4 is 0 Å². The first-order valence-corrected chi connectivity index (χ1v) is 8.65. The summed E-state index contributed by atoms with van der Waals surface area (Å²) in [5, 5.41) is 20.3. The lowest BCUT2D eigenvalue weighted by molar-refractivity contribution is -0.0528. The van der Waals surface area contributed by atoms with Crippen LogP contribution in [0, 0.1) is 16.7 Å². The fourth-order valence-corrected chi connectivity index (χ4v) is 6.09. The van der Waals surface area contributed by atoms with Gasteiger partial charge in [-0.3, -0.25) is 0 Å². The molecule has 2 N–H and O–H groups in total. The monoisotopic (exact) mass is 298 g/mol. The van der Waals surface area contributed by atoms with Gasteiger partial charge in [-0.15, -0.1) is 6.58 Å². The van der Waals surface area contributed by atoms with Crippen molar-refractivity contribution < 1.29 is 10.2 Å².